The van der Waals surface area contributed by atoms with E-state index in [1.54, 1.807) is 4.90 Å². The van der Waals surface area contributed by atoms with Crippen LogP contribution in [0.2, 0.25) is 0 Å². The fourth-order valence-electron chi connectivity index (χ4n) is 2.60. The standard InChI is InChI=1S/C12H21N3O3/c1-8-2-3-14-9(6-8)12(17)15-4-5-18-7-10(15)11(13)16/h8-10,14H,2-7H2,1H3,(H2,13,16). The summed E-state index contributed by atoms with van der Waals surface area (Å²) in [4.78, 5) is 25.3. The number of rotatable bonds is 2. The van der Waals surface area contributed by atoms with Gasteiger partial charge >= 0.3 is 0 Å². The van der Waals surface area contributed by atoms with Crippen LogP contribution in [0, 0.1) is 5.92 Å². The maximum absolute atomic E-state index is 12.4. The van der Waals surface area contributed by atoms with Crippen molar-refractivity contribution in [2.24, 2.45) is 11.7 Å². The molecule has 18 heavy (non-hydrogen) atoms. The summed E-state index contributed by atoms with van der Waals surface area (Å²) in [6.07, 6.45) is 1.91. The Kier molecular flexibility index (Phi) is 4.19. The molecule has 2 amide bonds. The second kappa shape index (κ2) is 5.67. The highest BCUT2D eigenvalue weighted by Gasteiger charge is 2.36. The van der Waals surface area contributed by atoms with E-state index in [0.29, 0.717) is 19.1 Å². The molecule has 0 radical (unpaired) electrons. The number of ether oxygens (including phenoxy) is 1. The molecule has 2 heterocycles. The Morgan fingerprint density at radius 1 is 1.44 bits per heavy atom. The summed E-state index contributed by atoms with van der Waals surface area (Å²) in [6, 6.07) is -0.806. The largest absolute Gasteiger partial charge is 0.377 e. The third-order valence-corrected chi connectivity index (χ3v) is 3.70. The van der Waals surface area contributed by atoms with Gasteiger partial charge in [-0.05, 0) is 25.3 Å². The topological polar surface area (TPSA) is 84.7 Å². The maximum atomic E-state index is 12.4. The van der Waals surface area contributed by atoms with Crippen molar-refractivity contribution >= 4 is 11.8 Å². The number of hydrogen-bond donors (Lipinski definition) is 2. The molecule has 3 atom stereocenters. The molecule has 0 aromatic carbocycles. The number of nitrogens with two attached hydrogens (primary N) is 1. The SMILES string of the molecule is CC1CCNC(C(=O)N2CCOCC2C(N)=O)C1. The van der Waals surface area contributed by atoms with Gasteiger partial charge in [0, 0.05) is 6.54 Å². The zero-order valence-electron chi connectivity index (χ0n) is 10.7. The molecule has 3 unspecified atom stereocenters. The van der Waals surface area contributed by atoms with Crippen LogP contribution in [0.4, 0.5) is 0 Å². The summed E-state index contributed by atoms with van der Waals surface area (Å²) in [7, 11) is 0. The highest BCUT2D eigenvalue weighted by Crippen LogP contribution is 2.18. The van der Waals surface area contributed by atoms with E-state index in [1.165, 1.54) is 0 Å². The number of morpholine rings is 1. The first kappa shape index (κ1) is 13.3. The van der Waals surface area contributed by atoms with Crippen LogP contribution >= 0.6 is 0 Å². The second-order valence-corrected chi connectivity index (χ2v) is 5.16. The molecule has 102 valence electrons. The smallest absolute Gasteiger partial charge is 0.242 e. The van der Waals surface area contributed by atoms with Gasteiger partial charge in [0.15, 0.2) is 0 Å². The van der Waals surface area contributed by atoms with Gasteiger partial charge in [0.2, 0.25) is 11.8 Å². The summed E-state index contributed by atoms with van der Waals surface area (Å²) < 4.78 is 5.22. The highest BCUT2D eigenvalue weighted by atomic mass is 16.5. The Bertz CT molecular complexity index is 335. The van der Waals surface area contributed by atoms with Crippen LogP contribution in [0.25, 0.3) is 0 Å². The minimum atomic E-state index is -0.620. The molecule has 3 N–H and O–H groups in total. The number of nitrogens with zero attached hydrogens (tertiary/aromatic N) is 1. The van der Waals surface area contributed by atoms with Gasteiger partial charge in [0.25, 0.3) is 0 Å². The molecule has 2 saturated heterocycles. The number of carbonyl (C=O) groups excluding carboxylic acids is 2. The Morgan fingerprint density at radius 2 is 2.22 bits per heavy atom. The van der Waals surface area contributed by atoms with Crippen LogP contribution in [-0.4, -0.2) is 55.1 Å². The summed E-state index contributed by atoms with van der Waals surface area (Å²) in [6.45, 7) is 4.12. The lowest BCUT2D eigenvalue weighted by Crippen LogP contribution is -2.60. The molecule has 2 aliphatic heterocycles. The fraction of sp³-hybridized carbons (Fsp3) is 0.833. The lowest BCUT2D eigenvalue weighted by atomic mass is 9.93. The van der Waals surface area contributed by atoms with Gasteiger partial charge in [-0.1, -0.05) is 6.92 Å². The lowest BCUT2D eigenvalue weighted by Gasteiger charge is -2.37. The number of amides is 2. The van der Waals surface area contributed by atoms with Gasteiger partial charge in [0.05, 0.1) is 19.3 Å². The van der Waals surface area contributed by atoms with Gasteiger partial charge < -0.3 is 20.7 Å². The third-order valence-electron chi connectivity index (χ3n) is 3.70. The highest BCUT2D eigenvalue weighted by molar-refractivity contribution is 5.89. The van der Waals surface area contributed by atoms with Crippen LogP contribution in [0.1, 0.15) is 19.8 Å². The van der Waals surface area contributed by atoms with Gasteiger partial charge in [-0.3, -0.25) is 9.59 Å². The monoisotopic (exact) mass is 255 g/mol. The van der Waals surface area contributed by atoms with E-state index in [4.69, 9.17) is 10.5 Å². The van der Waals surface area contributed by atoms with Gasteiger partial charge in [-0.15, -0.1) is 0 Å². The summed E-state index contributed by atoms with van der Waals surface area (Å²) in [5, 5.41) is 3.22. The van der Waals surface area contributed by atoms with Crippen molar-refractivity contribution in [1.29, 1.82) is 0 Å². The van der Waals surface area contributed by atoms with E-state index < -0.39 is 11.9 Å². The van der Waals surface area contributed by atoms with Crippen molar-refractivity contribution in [3.8, 4) is 0 Å². The van der Waals surface area contributed by atoms with Crippen LogP contribution in [0.5, 0.6) is 0 Å². The Hall–Kier alpha value is -1.14. The van der Waals surface area contributed by atoms with Crippen molar-refractivity contribution in [2.75, 3.05) is 26.3 Å². The minimum Gasteiger partial charge on any atom is -0.377 e. The van der Waals surface area contributed by atoms with E-state index in [0.717, 1.165) is 19.4 Å². The van der Waals surface area contributed by atoms with Crippen molar-refractivity contribution in [3.05, 3.63) is 0 Å². The predicted molar refractivity (Wildman–Crippen MR) is 65.7 cm³/mol. The Balaban J connectivity index is 2.03. The summed E-state index contributed by atoms with van der Waals surface area (Å²) in [5.41, 5.74) is 5.32. The molecule has 2 aliphatic rings. The van der Waals surface area contributed by atoms with Crippen molar-refractivity contribution in [3.63, 3.8) is 0 Å². The number of hydrogen-bond acceptors (Lipinski definition) is 4. The quantitative estimate of drug-likeness (QED) is 0.669. The first-order valence-electron chi connectivity index (χ1n) is 6.50. The van der Waals surface area contributed by atoms with Gasteiger partial charge in [0.1, 0.15) is 6.04 Å². The number of nitrogens with one attached hydrogen (secondary N) is 1. The molecular weight excluding hydrogens is 234 g/mol. The first-order valence-corrected chi connectivity index (χ1v) is 6.50. The van der Waals surface area contributed by atoms with Crippen molar-refractivity contribution in [1.82, 2.24) is 10.2 Å². The average molecular weight is 255 g/mol. The predicted octanol–water partition coefficient (Wildman–Crippen LogP) is -0.913. The van der Waals surface area contributed by atoms with E-state index in [2.05, 4.69) is 12.2 Å². The first-order chi connectivity index (χ1) is 8.59. The third kappa shape index (κ3) is 2.81. The molecule has 0 saturated carbocycles. The molecular formula is C12H21N3O3. The van der Waals surface area contributed by atoms with E-state index in [-0.39, 0.29) is 18.6 Å². The molecule has 6 heteroatoms. The van der Waals surface area contributed by atoms with Crippen molar-refractivity contribution < 1.29 is 14.3 Å². The number of carbonyl (C=O) groups is 2. The Labute approximate surface area is 107 Å². The van der Waals surface area contributed by atoms with Gasteiger partial charge in [-0.2, -0.15) is 0 Å². The average Bonchev–Trinajstić information content (AvgIpc) is 2.38. The molecule has 0 aromatic heterocycles. The molecule has 2 rings (SSSR count). The zero-order chi connectivity index (χ0) is 13.1. The van der Waals surface area contributed by atoms with Gasteiger partial charge in [-0.25, -0.2) is 0 Å². The fourth-order valence-corrected chi connectivity index (χ4v) is 2.60. The molecule has 0 bridgehead atoms. The van der Waals surface area contributed by atoms with Crippen LogP contribution < -0.4 is 11.1 Å². The number of piperidine rings is 1. The van der Waals surface area contributed by atoms with Crippen LogP contribution in [0.3, 0.4) is 0 Å². The molecule has 0 spiro atoms. The summed E-state index contributed by atoms with van der Waals surface area (Å²) in [5.74, 6) is 0.0221. The van der Waals surface area contributed by atoms with E-state index in [1.807, 2.05) is 0 Å². The molecule has 0 aromatic rings. The normalized spacial score (nSPS) is 33.2. The van der Waals surface area contributed by atoms with Crippen molar-refractivity contribution in [2.45, 2.75) is 31.8 Å². The molecule has 6 nitrogen and oxygen atoms in total. The molecule has 0 aliphatic carbocycles. The van der Waals surface area contributed by atoms with Crippen LogP contribution in [-0.2, 0) is 14.3 Å². The van der Waals surface area contributed by atoms with E-state index >= 15 is 0 Å². The lowest BCUT2D eigenvalue weighted by molar-refractivity contribution is -0.149. The summed E-state index contributed by atoms with van der Waals surface area (Å²) >= 11 is 0. The molecule has 2 fully saturated rings. The van der Waals surface area contributed by atoms with E-state index in [9.17, 15) is 9.59 Å². The second-order valence-electron chi connectivity index (χ2n) is 5.16. The minimum absolute atomic E-state index is 0.0198. The Morgan fingerprint density at radius 3 is 2.89 bits per heavy atom. The zero-order valence-corrected chi connectivity index (χ0v) is 10.7. The van der Waals surface area contributed by atoms with Crippen LogP contribution in [0.15, 0.2) is 0 Å². The number of primary amides is 1. The maximum Gasteiger partial charge on any atom is 0.242 e.